The highest BCUT2D eigenvalue weighted by Gasteiger charge is 2.11. The van der Waals surface area contributed by atoms with Crippen molar-refractivity contribution in [1.29, 1.82) is 0 Å². The van der Waals surface area contributed by atoms with Crippen molar-refractivity contribution in [3.63, 3.8) is 0 Å². The average Bonchev–Trinajstić information content (AvgIpc) is 2.58. The first kappa shape index (κ1) is 20.2. The predicted octanol–water partition coefficient (Wildman–Crippen LogP) is 3.37. The summed E-state index contributed by atoms with van der Waals surface area (Å²) in [5.74, 6) is -0.419. The Morgan fingerprint density at radius 1 is 1.27 bits per heavy atom. The molecular weight excluding hydrogens is 354 g/mol. The van der Waals surface area contributed by atoms with Crippen LogP contribution < -0.4 is 10.1 Å². The molecule has 6 heteroatoms. The second-order valence-electron chi connectivity index (χ2n) is 6.37. The Morgan fingerprint density at radius 2 is 2.04 bits per heavy atom. The summed E-state index contributed by atoms with van der Waals surface area (Å²) < 4.78 is 5.24. The lowest BCUT2D eigenvalue weighted by Crippen LogP contribution is -2.32. The van der Waals surface area contributed by atoms with Gasteiger partial charge >= 0.3 is 5.97 Å². The van der Waals surface area contributed by atoms with Crippen LogP contribution in [0.15, 0.2) is 42.5 Å². The molecule has 0 aromatic heterocycles. The standard InChI is InChI=1S/C20H24ClNO4/c1-13-8-15(6-7-19(13)26-12-20(24)25)9-14(2)22-11-18(23)16-4-3-5-17(21)10-16/h3-8,10,14,18,22-23H,9,11-12H2,1-2H3,(H,24,25). The maximum absolute atomic E-state index is 10.6. The molecule has 2 aromatic carbocycles. The molecule has 0 saturated heterocycles. The number of aliphatic hydroxyl groups excluding tert-OH is 1. The van der Waals surface area contributed by atoms with E-state index in [2.05, 4.69) is 12.2 Å². The zero-order valence-electron chi connectivity index (χ0n) is 14.9. The molecule has 0 saturated carbocycles. The number of aryl methyl sites for hydroxylation is 1. The summed E-state index contributed by atoms with van der Waals surface area (Å²) in [6.45, 7) is 4.02. The van der Waals surface area contributed by atoms with Crippen LogP contribution in [0, 0.1) is 6.92 Å². The van der Waals surface area contributed by atoms with E-state index in [0.29, 0.717) is 17.3 Å². The summed E-state index contributed by atoms with van der Waals surface area (Å²) in [6, 6.07) is 13.1. The number of nitrogens with one attached hydrogen (secondary N) is 1. The first-order chi connectivity index (χ1) is 12.3. The van der Waals surface area contributed by atoms with Crippen molar-refractivity contribution in [2.45, 2.75) is 32.4 Å². The fourth-order valence-electron chi connectivity index (χ4n) is 2.71. The second-order valence-corrected chi connectivity index (χ2v) is 6.80. The lowest BCUT2D eigenvalue weighted by Gasteiger charge is -2.18. The largest absolute Gasteiger partial charge is 0.482 e. The zero-order valence-corrected chi connectivity index (χ0v) is 15.7. The number of carboxylic acid groups (broad SMARTS) is 1. The molecule has 2 aromatic rings. The molecule has 2 atom stereocenters. The van der Waals surface area contributed by atoms with Gasteiger partial charge in [-0.25, -0.2) is 4.79 Å². The number of carboxylic acids is 1. The number of rotatable bonds is 9. The predicted molar refractivity (Wildman–Crippen MR) is 102 cm³/mol. The van der Waals surface area contributed by atoms with Crippen molar-refractivity contribution < 1.29 is 19.7 Å². The number of aliphatic hydroxyl groups is 1. The van der Waals surface area contributed by atoms with Gasteiger partial charge in [0, 0.05) is 17.6 Å². The van der Waals surface area contributed by atoms with Crippen LogP contribution >= 0.6 is 11.6 Å². The van der Waals surface area contributed by atoms with Gasteiger partial charge in [0.05, 0.1) is 6.10 Å². The maximum Gasteiger partial charge on any atom is 0.341 e. The number of hydrogen-bond donors (Lipinski definition) is 3. The molecule has 0 aliphatic heterocycles. The topological polar surface area (TPSA) is 78.8 Å². The summed E-state index contributed by atoms with van der Waals surface area (Å²) in [5, 5.41) is 22.9. The van der Waals surface area contributed by atoms with Crippen LogP contribution in [0.3, 0.4) is 0 Å². The SMILES string of the molecule is Cc1cc(CC(C)NCC(O)c2cccc(Cl)c2)ccc1OCC(=O)O. The Labute approximate surface area is 158 Å². The van der Waals surface area contributed by atoms with Crippen LogP contribution in [-0.4, -0.2) is 35.4 Å². The summed E-state index contributed by atoms with van der Waals surface area (Å²) in [6.07, 6.45) is 0.159. The van der Waals surface area contributed by atoms with Crippen molar-refractivity contribution in [2.75, 3.05) is 13.2 Å². The first-order valence-corrected chi connectivity index (χ1v) is 8.84. The molecule has 0 heterocycles. The van der Waals surface area contributed by atoms with Gasteiger partial charge in [0.1, 0.15) is 5.75 Å². The van der Waals surface area contributed by atoms with Crippen molar-refractivity contribution in [1.82, 2.24) is 5.32 Å². The molecule has 5 nitrogen and oxygen atoms in total. The molecule has 2 unspecified atom stereocenters. The highest BCUT2D eigenvalue weighted by molar-refractivity contribution is 6.30. The molecule has 0 fully saturated rings. The van der Waals surface area contributed by atoms with Gasteiger partial charge in [0.2, 0.25) is 0 Å². The maximum atomic E-state index is 10.6. The van der Waals surface area contributed by atoms with E-state index in [1.807, 2.05) is 31.2 Å². The van der Waals surface area contributed by atoms with Gasteiger partial charge in [-0.15, -0.1) is 0 Å². The van der Waals surface area contributed by atoms with Crippen LogP contribution in [0.1, 0.15) is 29.7 Å². The van der Waals surface area contributed by atoms with Gasteiger partial charge in [-0.05, 0) is 55.2 Å². The fourth-order valence-corrected chi connectivity index (χ4v) is 2.91. The Morgan fingerprint density at radius 3 is 2.69 bits per heavy atom. The van der Waals surface area contributed by atoms with Gasteiger partial charge in [0.15, 0.2) is 6.61 Å². The monoisotopic (exact) mass is 377 g/mol. The van der Waals surface area contributed by atoms with Crippen LogP contribution in [-0.2, 0) is 11.2 Å². The van der Waals surface area contributed by atoms with E-state index in [-0.39, 0.29) is 12.6 Å². The lowest BCUT2D eigenvalue weighted by atomic mass is 10.0. The molecule has 0 spiro atoms. The number of aliphatic carboxylic acids is 1. The van der Waals surface area contributed by atoms with E-state index < -0.39 is 12.1 Å². The minimum atomic E-state index is -0.996. The molecule has 0 amide bonds. The minimum absolute atomic E-state index is 0.161. The van der Waals surface area contributed by atoms with Gasteiger partial charge in [-0.2, -0.15) is 0 Å². The van der Waals surface area contributed by atoms with Crippen LogP contribution in [0.5, 0.6) is 5.75 Å². The summed E-state index contributed by atoms with van der Waals surface area (Å²) >= 11 is 5.95. The molecule has 0 radical (unpaired) electrons. The Hall–Kier alpha value is -2.08. The fraction of sp³-hybridized carbons (Fsp3) is 0.350. The van der Waals surface area contributed by atoms with Gasteiger partial charge < -0.3 is 20.3 Å². The molecular formula is C20H24ClNO4. The van der Waals surface area contributed by atoms with Crippen LogP contribution in [0.25, 0.3) is 0 Å². The Kier molecular flexibility index (Phi) is 7.45. The van der Waals surface area contributed by atoms with Gasteiger partial charge in [0.25, 0.3) is 0 Å². The van der Waals surface area contributed by atoms with Crippen molar-refractivity contribution in [3.8, 4) is 5.75 Å². The van der Waals surface area contributed by atoms with E-state index in [1.54, 1.807) is 18.2 Å². The van der Waals surface area contributed by atoms with Crippen LogP contribution in [0.4, 0.5) is 0 Å². The molecule has 2 rings (SSSR count). The second kappa shape index (κ2) is 9.57. The van der Waals surface area contributed by atoms with Gasteiger partial charge in [-0.3, -0.25) is 0 Å². The number of carbonyl (C=O) groups is 1. The van der Waals surface area contributed by atoms with Crippen molar-refractivity contribution in [3.05, 3.63) is 64.2 Å². The Bertz CT molecular complexity index is 750. The third-order valence-corrected chi connectivity index (χ3v) is 4.26. The molecule has 0 aliphatic rings. The molecule has 26 heavy (non-hydrogen) atoms. The normalized spacial score (nSPS) is 13.2. The highest BCUT2D eigenvalue weighted by atomic mass is 35.5. The van der Waals surface area contributed by atoms with Crippen molar-refractivity contribution in [2.24, 2.45) is 0 Å². The average molecular weight is 378 g/mol. The number of benzene rings is 2. The number of ether oxygens (including phenoxy) is 1. The number of halogens is 1. The number of hydrogen-bond acceptors (Lipinski definition) is 4. The Balaban J connectivity index is 1.86. The molecule has 140 valence electrons. The van der Waals surface area contributed by atoms with E-state index >= 15 is 0 Å². The molecule has 0 bridgehead atoms. The van der Waals surface area contributed by atoms with Gasteiger partial charge in [-0.1, -0.05) is 35.9 Å². The highest BCUT2D eigenvalue weighted by Crippen LogP contribution is 2.20. The van der Waals surface area contributed by atoms with Crippen molar-refractivity contribution >= 4 is 17.6 Å². The smallest absolute Gasteiger partial charge is 0.341 e. The first-order valence-electron chi connectivity index (χ1n) is 8.46. The minimum Gasteiger partial charge on any atom is -0.482 e. The summed E-state index contributed by atoms with van der Waals surface area (Å²) in [7, 11) is 0. The zero-order chi connectivity index (χ0) is 19.1. The van der Waals surface area contributed by atoms with E-state index in [4.69, 9.17) is 21.4 Å². The third kappa shape index (κ3) is 6.33. The summed E-state index contributed by atoms with van der Waals surface area (Å²) in [4.78, 5) is 10.6. The quantitative estimate of drug-likeness (QED) is 0.624. The molecule has 3 N–H and O–H groups in total. The van der Waals surface area contributed by atoms with E-state index in [9.17, 15) is 9.90 Å². The van der Waals surface area contributed by atoms with E-state index in [0.717, 1.165) is 23.1 Å². The third-order valence-electron chi connectivity index (χ3n) is 4.03. The van der Waals surface area contributed by atoms with Crippen LogP contribution in [0.2, 0.25) is 5.02 Å². The summed E-state index contributed by atoms with van der Waals surface area (Å²) in [5.41, 5.74) is 2.80. The lowest BCUT2D eigenvalue weighted by molar-refractivity contribution is -0.139. The molecule has 0 aliphatic carbocycles. The van der Waals surface area contributed by atoms with E-state index in [1.165, 1.54) is 0 Å².